The van der Waals surface area contributed by atoms with Gasteiger partial charge in [-0.3, -0.25) is 9.79 Å². The standard InChI is InChI=1S/C24H38N4O3/c1-4-30-21-11-10-18(16-22(21)31-5-2)12-14-26-24(25-3)27-20-13-15-28(17-20)23(29)19-8-6-7-9-19/h10-11,16,19-20H,4-9,12-15,17H2,1-3H3,(H2,25,26,27). The zero-order chi connectivity index (χ0) is 22.1. The molecule has 2 N–H and O–H groups in total. The molecule has 1 aromatic carbocycles. The second-order valence-corrected chi connectivity index (χ2v) is 8.29. The molecule has 1 atom stereocenters. The number of likely N-dealkylation sites (tertiary alicyclic amines) is 1. The molecule has 1 saturated heterocycles. The first-order chi connectivity index (χ1) is 15.1. The van der Waals surface area contributed by atoms with Crippen LogP contribution in [0.15, 0.2) is 23.2 Å². The minimum absolute atomic E-state index is 0.256. The van der Waals surface area contributed by atoms with Crippen LogP contribution in [-0.2, 0) is 11.2 Å². The van der Waals surface area contributed by atoms with Crippen molar-refractivity contribution in [2.24, 2.45) is 10.9 Å². The Morgan fingerprint density at radius 2 is 1.87 bits per heavy atom. The fourth-order valence-electron chi connectivity index (χ4n) is 4.47. The quantitative estimate of drug-likeness (QED) is 0.465. The summed E-state index contributed by atoms with van der Waals surface area (Å²) in [5.41, 5.74) is 1.18. The molecule has 1 aromatic rings. The molecular weight excluding hydrogens is 392 g/mol. The molecular formula is C24H38N4O3. The molecule has 1 heterocycles. The number of benzene rings is 1. The van der Waals surface area contributed by atoms with Crippen LogP contribution in [0.3, 0.4) is 0 Å². The molecule has 2 fully saturated rings. The van der Waals surface area contributed by atoms with Gasteiger partial charge in [-0.25, -0.2) is 0 Å². The summed E-state index contributed by atoms with van der Waals surface area (Å²) in [5.74, 6) is 2.98. The molecule has 1 unspecified atom stereocenters. The molecule has 0 radical (unpaired) electrons. The van der Waals surface area contributed by atoms with Gasteiger partial charge in [0.25, 0.3) is 0 Å². The summed E-state index contributed by atoms with van der Waals surface area (Å²) in [6, 6.07) is 6.36. The fourth-order valence-corrected chi connectivity index (χ4v) is 4.47. The molecule has 172 valence electrons. The lowest BCUT2D eigenvalue weighted by molar-refractivity contribution is -0.134. The van der Waals surface area contributed by atoms with Crippen LogP contribution in [-0.4, -0.2) is 62.7 Å². The van der Waals surface area contributed by atoms with Gasteiger partial charge in [-0.05, 0) is 57.2 Å². The van der Waals surface area contributed by atoms with Crippen molar-refractivity contribution >= 4 is 11.9 Å². The van der Waals surface area contributed by atoms with Crippen LogP contribution in [0, 0.1) is 5.92 Å². The van der Waals surface area contributed by atoms with Gasteiger partial charge in [-0.2, -0.15) is 0 Å². The number of carbonyl (C=O) groups excluding carboxylic acids is 1. The second-order valence-electron chi connectivity index (χ2n) is 8.29. The van der Waals surface area contributed by atoms with Gasteiger partial charge in [0.05, 0.1) is 13.2 Å². The molecule has 0 bridgehead atoms. The summed E-state index contributed by atoms with van der Waals surface area (Å²) in [6.45, 7) is 7.55. The van der Waals surface area contributed by atoms with Crippen molar-refractivity contribution in [3.63, 3.8) is 0 Å². The maximum Gasteiger partial charge on any atom is 0.225 e. The highest BCUT2D eigenvalue weighted by atomic mass is 16.5. The van der Waals surface area contributed by atoms with Crippen molar-refractivity contribution in [1.29, 1.82) is 0 Å². The van der Waals surface area contributed by atoms with Gasteiger partial charge < -0.3 is 25.0 Å². The van der Waals surface area contributed by atoms with Crippen LogP contribution < -0.4 is 20.1 Å². The molecule has 0 aromatic heterocycles. The first-order valence-corrected chi connectivity index (χ1v) is 11.8. The average molecular weight is 431 g/mol. The highest BCUT2D eigenvalue weighted by Crippen LogP contribution is 2.29. The number of carbonyl (C=O) groups is 1. The SMILES string of the molecule is CCOc1ccc(CCNC(=NC)NC2CCN(C(=O)C3CCCC3)C2)cc1OCC. The predicted octanol–water partition coefficient (Wildman–Crippen LogP) is 2.98. The summed E-state index contributed by atoms with van der Waals surface area (Å²) >= 11 is 0. The monoisotopic (exact) mass is 430 g/mol. The molecule has 1 amide bonds. The lowest BCUT2D eigenvalue weighted by atomic mass is 10.1. The molecule has 3 rings (SSSR count). The number of ether oxygens (including phenoxy) is 2. The highest BCUT2D eigenvalue weighted by molar-refractivity contribution is 5.81. The van der Waals surface area contributed by atoms with E-state index in [0.717, 1.165) is 62.8 Å². The van der Waals surface area contributed by atoms with E-state index in [1.54, 1.807) is 7.05 Å². The number of hydrogen-bond donors (Lipinski definition) is 2. The smallest absolute Gasteiger partial charge is 0.225 e. The van der Waals surface area contributed by atoms with Gasteiger partial charge >= 0.3 is 0 Å². The summed E-state index contributed by atoms with van der Waals surface area (Å²) < 4.78 is 11.4. The van der Waals surface area contributed by atoms with Gasteiger partial charge in [0, 0.05) is 38.6 Å². The van der Waals surface area contributed by atoms with E-state index in [0.29, 0.717) is 19.1 Å². The number of aliphatic imine (C=N–C) groups is 1. The Morgan fingerprint density at radius 1 is 1.13 bits per heavy atom. The summed E-state index contributed by atoms with van der Waals surface area (Å²) in [6.07, 6.45) is 6.34. The van der Waals surface area contributed by atoms with Crippen LogP contribution in [0.5, 0.6) is 11.5 Å². The van der Waals surface area contributed by atoms with E-state index in [9.17, 15) is 4.79 Å². The molecule has 0 spiro atoms. The van der Waals surface area contributed by atoms with Crippen LogP contribution in [0.4, 0.5) is 0 Å². The van der Waals surface area contributed by atoms with E-state index in [4.69, 9.17) is 9.47 Å². The van der Waals surface area contributed by atoms with Gasteiger partial charge in [0.15, 0.2) is 17.5 Å². The maximum absolute atomic E-state index is 12.6. The Morgan fingerprint density at radius 3 is 2.58 bits per heavy atom. The molecule has 7 nitrogen and oxygen atoms in total. The number of amides is 1. The summed E-state index contributed by atoms with van der Waals surface area (Å²) in [5, 5.41) is 6.88. The van der Waals surface area contributed by atoms with Gasteiger partial charge in [0.2, 0.25) is 5.91 Å². The average Bonchev–Trinajstić information content (AvgIpc) is 3.47. The second kappa shape index (κ2) is 11.8. The van der Waals surface area contributed by atoms with Crippen LogP contribution >= 0.6 is 0 Å². The number of hydrogen-bond acceptors (Lipinski definition) is 4. The van der Waals surface area contributed by atoms with Crippen molar-refractivity contribution in [3.8, 4) is 11.5 Å². The first kappa shape index (κ1) is 23.2. The Kier molecular flexibility index (Phi) is 8.85. The van der Waals surface area contributed by atoms with Crippen molar-refractivity contribution in [3.05, 3.63) is 23.8 Å². The van der Waals surface area contributed by atoms with E-state index in [1.165, 1.54) is 18.4 Å². The zero-order valence-electron chi connectivity index (χ0n) is 19.3. The zero-order valence-corrected chi connectivity index (χ0v) is 19.3. The van der Waals surface area contributed by atoms with Crippen molar-refractivity contribution in [1.82, 2.24) is 15.5 Å². The third-order valence-corrected chi connectivity index (χ3v) is 6.08. The fraction of sp³-hybridized carbons (Fsp3) is 0.667. The number of nitrogens with one attached hydrogen (secondary N) is 2. The van der Waals surface area contributed by atoms with Crippen molar-refractivity contribution in [2.75, 3.05) is 39.9 Å². The Labute approximate surface area is 186 Å². The summed E-state index contributed by atoms with van der Waals surface area (Å²) in [4.78, 5) is 19.0. The molecule has 2 aliphatic rings. The Balaban J connectivity index is 1.44. The largest absolute Gasteiger partial charge is 0.490 e. The number of guanidine groups is 1. The maximum atomic E-state index is 12.6. The van der Waals surface area contributed by atoms with Gasteiger partial charge in [-0.15, -0.1) is 0 Å². The van der Waals surface area contributed by atoms with Crippen LogP contribution in [0.1, 0.15) is 51.5 Å². The normalized spacial score (nSPS) is 19.5. The van der Waals surface area contributed by atoms with Gasteiger partial charge in [-0.1, -0.05) is 18.9 Å². The molecule has 1 aliphatic heterocycles. The third-order valence-electron chi connectivity index (χ3n) is 6.08. The Hall–Kier alpha value is -2.44. The first-order valence-electron chi connectivity index (χ1n) is 11.8. The Bertz CT molecular complexity index is 746. The van der Waals surface area contributed by atoms with E-state index in [-0.39, 0.29) is 12.0 Å². The van der Waals surface area contributed by atoms with E-state index in [2.05, 4.69) is 27.8 Å². The number of nitrogens with zero attached hydrogens (tertiary/aromatic N) is 2. The topological polar surface area (TPSA) is 75.2 Å². The van der Waals surface area contributed by atoms with E-state index >= 15 is 0 Å². The van der Waals surface area contributed by atoms with Gasteiger partial charge in [0.1, 0.15) is 0 Å². The van der Waals surface area contributed by atoms with Crippen molar-refractivity contribution < 1.29 is 14.3 Å². The number of rotatable bonds is 9. The molecule has 1 saturated carbocycles. The van der Waals surface area contributed by atoms with E-state index < -0.39 is 0 Å². The summed E-state index contributed by atoms with van der Waals surface area (Å²) in [7, 11) is 1.79. The molecule has 1 aliphatic carbocycles. The molecule has 7 heteroatoms. The molecule has 31 heavy (non-hydrogen) atoms. The van der Waals surface area contributed by atoms with E-state index in [1.807, 2.05) is 24.8 Å². The minimum Gasteiger partial charge on any atom is -0.490 e. The lowest BCUT2D eigenvalue weighted by Gasteiger charge is -2.21. The third kappa shape index (κ3) is 6.52. The minimum atomic E-state index is 0.256. The lowest BCUT2D eigenvalue weighted by Crippen LogP contribution is -2.45. The van der Waals surface area contributed by atoms with Crippen LogP contribution in [0.2, 0.25) is 0 Å². The highest BCUT2D eigenvalue weighted by Gasteiger charge is 2.32. The van der Waals surface area contributed by atoms with Crippen LogP contribution in [0.25, 0.3) is 0 Å². The predicted molar refractivity (Wildman–Crippen MR) is 124 cm³/mol. The van der Waals surface area contributed by atoms with Crippen molar-refractivity contribution in [2.45, 2.75) is 58.4 Å².